The number of halogens is 2. The van der Waals surface area contributed by atoms with Crippen molar-refractivity contribution in [1.82, 2.24) is 4.31 Å². The number of carboxylic acids is 1. The van der Waals surface area contributed by atoms with E-state index in [9.17, 15) is 27.5 Å². The van der Waals surface area contributed by atoms with E-state index < -0.39 is 39.2 Å². The van der Waals surface area contributed by atoms with Gasteiger partial charge in [-0.15, -0.1) is 0 Å². The van der Waals surface area contributed by atoms with Crippen LogP contribution in [0.5, 0.6) is 0 Å². The maximum Gasteiger partial charge on any atom is 0.258 e. The highest BCUT2D eigenvalue weighted by molar-refractivity contribution is 7.89. The van der Waals surface area contributed by atoms with Crippen molar-refractivity contribution in [2.75, 3.05) is 18.4 Å². The fraction of sp³-hybridized carbons (Fsp3) is 0.263. The molecular formula is C19H17ClFN2O5S-. The molecule has 0 aliphatic carbocycles. The van der Waals surface area contributed by atoms with Crippen molar-refractivity contribution < 1.29 is 27.5 Å². The standard InChI is InChI=1S/C19H18ClFN2O5S/c20-15-5-1-2-6-17(15)22-18(24)14-10-13(7-8-16(14)21)29(27,28)23-9-3-4-12(11-23)19(25)26/h1-2,5-8,10,12H,3-4,9,11H2,(H,22,24)(H,25,26)/p-1. The van der Waals surface area contributed by atoms with Gasteiger partial charge in [-0.25, -0.2) is 12.8 Å². The number of rotatable bonds is 5. The number of benzene rings is 2. The summed E-state index contributed by atoms with van der Waals surface area (Å²) in [7, 11) is -4.11. The molecule has 10 heteroatoms. The van der Waals surface area contributed by atoms with Crippen LogP contribution in [0.4, 0.5) is 10.1 Å². The van der Waals surface area contributed by atoms with E-state index in [0.717, 1.165) is 22.5 Å². The van der Waals surface area contributed by atoms with Crippen LogP contribution >= 0.6 is 11.6 Å². The number of sulfonamides is 1. The van der Waals surface area contributed by atoms with Gasteiger partial charge in [0.25, 0.3) is 5.91 Å². The summed E-state index contributed by atoms with van der Waals surface area (Å²) in [6.45, 7) is -0.103. The molecule has 1 amide bonds. The summed E-state index contributed by atoms with van der Waals surface area (Å²) in [5.41, 5.74) is -0.223. The molecule has 1 saturated heterocycles. The van der Waals surface area contributed by atoms with Gasteiger partial charge < -0.3 is 15.2 Å². The molecule has 1 atom stereocenters. The predicted octanol–water partition coefficient (Wildman–Crippen LogP) is 1.88. The van der Waals surface area contributed by atoms with Crippen LogP contribution < -0.4 is 10.4 Å². The molecule has 29 heavy (non-hydrogen) atoms. The Labute approximate surface area is 172 Å². The lowest BCUT2D eigenvalue weighted by atomic mass is 10.0. The van der Waals surface area contributed by atoms with E-state index in [0.29, 0.717) is 12.8 Å². The molecule has 0 aromatic heterocycles. The Morgan fingerprint density at radius 3 is 2.62 bits per heavy atom. The molecule has 1 unspecified atom stereocenters. The first-order chi connectivity index (χ1) is 13.7. The molecule has 1 aliphatic heterocycles. The van der Waals surface area contributed by atoms with Crippen molar-refractivity contribution >= 4 is 39.2 Å². The summed E-state index contributed by atoms with van der Waals surface area (Å²) in [6, 6.07) is 9.20. The Hall–Kier alpha value is -2.49. The van der Waals surface area contributed by atoms with Gasteiger partial charge in [-0.2, -0.15) is 4.31 Å². The van der Waals surface area contributed by atoms with Gasteiger partial charge in [0.2, 0.25) is 10.0 Å². The monoisotopic (exact) mass is 439 g/mol. The smallest absolute Gasteiger partial charge is 0.258 e. The summed E-state index contributed by atoms with van der Waals surface area (Å²) in [6.07, 6.45) is 0.683. The molecule has 3 rings (SSSR count). The number of amides is 1. The molecule has 2 aromatic carbocycles. The quantitative estimate of drug-likeness (QED) is 0.765. The van der Waals surface area contributed by atoms with Crippen LogP contribution in [0, 0.1) is 11.7 Å². The summed E-state index contributed by atoms with van der Waals surface area (Å²) >= 11 is 5.98. The van der Waals surface area contributed by atoms with Crippen LogP contribution in [0.1, 0.15) is 23.2 Å². The second-order valence-corrected chi connectivity index (χ2v) is 8.94. The number of carbonyl (C=O) groups excluding carboxylic acids is 2. The SMILES string of the molecule is O=C(Nc1ccccc1Cl)c1cc(S(=O)(=O)N2CCCC(C(=O)[O-])C2)ccc1F. The second kappa shape index (κ2) is 8.48. The largest absolute Gasteiger partial charge is 0.550 e. The van der Waals surface area contributed by atoms with Gasteiger partial charge in [0.05, 0.1) is 21.2 Å². The van der Waals surface area contributed by atoms with Gasteiger partial charge in [0.15, 0.2) is 0 Å². The highest BCUT2D eigenvalue weighted by Crippen LogP contribution is 2.26. The minimum absolute atomic E-state index is 0.130. The first-order valence-electron chi connectivity index (χ1n) is 8.76. The fourth-order valence-corrected chi connectivity index (χ4v) is 4.83. The molecule has 0 saturated carbocycles. The number of carboxylic acid groups (broad SMARTS) is 1. The van der Waals surface area contributed by atoms with Gasteiger partial charge in [-0.05, 0) is 43.2 Å². The van der Waals surface area contributed by atoms with E-state index >= 15 is 0 Å². The van der Waals surface area contributed by atoms with Gasteiger partial charge in [0.1, 0.15) is 5.82 Å². The minimum Gasteiger partial charge on any atom is -0.550 e. The maximum atomic E-state index is 14.2. The van der Waals surface area contributed by atoms with Crippen molar-refractivity contribution in [3.63, 3.8) is 0 Å². The van der Waals surface area contributed by atoms with Gasteiger partial charge in [-0.3, -0.25) is 4.79 Å². The number of hydrogen-bond acceptors (Lipinski definition) is 5. The molecule has 0 bridgehead atoms. The van der Waals surface area contributed by atoms with Gasteiger partial charge in [-0.1, -0.05) is 23.7 Å². The number of nitrogens with one attached hydrogen (secondary N) is 1. The summed E-state index contributed by atoms with van der Waals surface area (Å²) in [5.74, 6) is -4.00. The molecule has 1 N–H and O–H groups in total. The highest BCUT2D eigenvalue weighted by Gasteiger charge is 2.31. The van der Waals surface area contributed by atoms with Crippen molar-refractivity contribution in [2.45, 2.75) is 17.7 Å². The lowest BCUT2D eigenvalue weighted by molar-refractivity contribution is -0.312. The third-order valence-corrected chi connectivity index (χ3v) is 6.85. The zero-order valence-corrected chi connectivity index (χ0v) is 16.7. The first kappa shape index (κ1) is 21.2. The lowest BCUT2D eigenvalue weighted by Gasteiger charge is -2.32. The summed E-state index contributed by atoms with van der Waals surface area (Å²) < 4.78 is 41.0. The van der Waals surface area contributed by atoms with Gasteiger partial charge >= 0.3 is 0 Å². The average Bonchev–Trinajstić information content (AvgIpc) is 2.70. The number of hydrogen-bond donors (Lipinski definition) is 1. The molecule has 0 radical (unpaired) electrons. The second-order valence-electron chi connectivity index (χ2n) is 6.60. The maximum absolute atomic E-state index is 14.2. The zero-order valence-electron chi connectivity index (χ0n) is 15.1. The van der Waals surface area contributed by atoms with Crippen molar-refractivity contribution in [2.24, 2.45) is 5.92 Å². The van der Waals surface area contributed by atoms with Crippen LogP contribution in [-0.2, 0) is 14.8 Å². The number of piperidine rings is 1. The first-order valence-corrected chi connectivity index (χ1v) is 10.6. The van der Waals surface area contributed by atoms with E-state index in [1.54, 1.807) is 18.2 Å². The van der Waals surface area contributed by atoms with Crippen LogP contribution in [0.15, 0.2) is 47.4 Å². The number of aliphatic carboxylic acids is 1. The molecule has 1 fully saturated rings. The molecule has 154 valence electrons. The molecule has 0 spiro atoms. The van der Waals surface area contributed by atoms with Crippen molar-refractivity contribution in [3.05, 3.63) is 58.9 Å². The third-order valence-electron chi connectivity index (χ3n) is 4.66. The van der Waals surface area contributed by atoms with Crippen molar-refractivity contribution in [3.8, 4) is 0 Å². The Kier molecular flexibility index (Phi) is 6.21. The summed E-state index contributed by atoms with van der Waals surface area (Å²) in [5, 5.41) is 13.8. The van der Waals surface area contributed by atoms with E-state index in [-0.39, 0.29) is 28.7 Å². The predicted molar refractivity (Wildman–Crippen MR) is 102 cm³/mol. The van der Waals surface area contributed by atoms with E-state index in [4.69, 9.17) is 11.6 Å². The normalized spacial score (nSPS) is 17.7. The fourth-order valence-electron chi connectivity index (χ4n) is 3.09. The average molecular weight is 440 g/mol. The minimum atomic E-state index is -4.11. The highest BCUT2D eigenvalue weighted by atomic mass is 35.5. The molecule has 2 aromatic rings. The Bertz CT molecular complexity index is 1060. The summed E-state index contributed by atoms with van der Waals surface area (Å²) in [4.78, 5) is 23.3. The van der Waals surface area contributed by atoms with Crippen molar-refractivity contribution in [1.29, 1.82) is 0 Å². The lowest BCUT2D eigenvalue weighted by Crippen LogP contribution is -2.46. The molecular weight excluding hydrogens is 423 g/mol. The zero-order chi connectivity index (χ0) is 21.2. The van der Waals surface area contributed by atoms with Crippen LogP contribution in [0.3, 0.4) is 0 Å². The topological polar surface area (TPSA) is 107 Å². The third kappa shape index (κ3) is 4.58. The van der Waals surface area contributed by atoms with E-state index in [1.165, 1.54) is 6.07 Å². The van der Waals surface area contributed by atoms with Crippen LogP contribution in [-0.4, -0.2) is 37.7 Å². The number of nitrogens with zero attached hydrogens (tertiary/aromatic N) is 1. The number of carbonyl (C=O) groups is 2. The Balaban J connectivity index is 1.89. The molecule has 7 nitrogen and oxygen atoms in total. The number of anilines is 1. The van der Waals surface area contributed by atoms with Crippen LogP contribution in [0.2, 0.25) is 5.02 Å². The van der Waals surface area contributed by atoms with Gasteiger partial charge in [0, 0.05) is 25.0 Å². The van der Waals surface area contributed by atoms with E-state index in [2.05, 4.69) is 5.32 Å². The number of para-hydroxylation sites is 1. The van der Waals surface area contributed by atoms with Crippen LogP contribution in [0.25, 0.3) is 0 Å². The Morgan fingerprint density at radius 2 is 1.93 bits per heavy atom. The Morgan fingerprint density at radius 1 is 1.21 bits per heavy atom. The van der Waals surface area contributed by atoms with E-state index in [1.807, 2.05) is 0 Å². The molecule has 1 aliphatic rings. The molecule has 1 heterocycles.